The van der Waals surface area contributed by atoms with Gasteiger partial charge in [0.1, 0.15) is 5.54 Å². The second-order valence-electron chi connectivity index (χ2n) is 4.99. The van der Waals surface area contributed by atoms with E-state index in [0.29, 0.717) is 16.7 Å². The van der Waals surface area contributed by atoms with Crippen molar-refractivity contribution in [1.29, 1.82) is 0 Å². The first-order valence-corrected chi connectivity index (χ1v) is 7.05. The monoisotopic (exact) mass is 329 g/mol. The molecule has 2 rings (SSSR count). The molecule has 0 saturated heterocycles. The molecule has 2 unspecified atom stereocenters. The van der Waals surface area contributed by atoms with Crippen LogP contribution in [-0.4, -0.2) is 22.5 Å². The van der Waals surface area contributed by atoms with Crippen molar-refractivity contribution in [3.8, 4) is 0 Å². The standard InChI is InChI=1S/C13H16BrNO4/c1-8-4-2-3-6-13(8,12(17)18)15-11(16)9-5-7-19-10(9)14/h5,7-8H,2-4,6H2,1H3,(H,15,16)(H,17,18). The van der Waals surface area contributed by atoms with Gasteiger partial charge in [-0.3, -0.25) is 4.79 Å². The van der Waals surface area contributed by atoms with Crippen LogP contribution in [0, 0.1) is 5.92 Å². The first-order chi connectivity index (χ1) is 8.97. The Morgan fingerprint density at radius 3 is 2.79 bits per heavy atom. The zero-order chi connectivity index (χ0) is 14.0. The van der Waals surface area contributed by atoms with E-state index in [4.69, 9.17) is 4.42 Å². The summed E-state index contributed by atoms with van der Waals surface area (Å²) in [6, 6.07) is 1.52. The number of aliphatic carboxylic acids is 1. The molecule has 1 aliphatic rings. The molecule has 6 heteroatoms. The van der Waals surface area contributed by atoms with E-state index in [-0.39, 0.29) is 5.92 Å². The molecule has 0 bridgehead atoms. The van der Waals surface area contributed by atoms with Crippen molar-refractivity contribution in [1.82, 2.24) is 5.32 Å². The van der Waals surface area contributed by atoms with Crippen molar-refractivity contribution < 1.29 is 19.1 Å². The summed E-state index contributed by atoms with van der Waals surface area (Å²) in [5.74, 6) is -1.47. The van der Waals surface area contributed by atoms with E-state index >= 15 is 0 Å². The molecule has 1 aliphatic carbocycles. The molecule has 0 spiro atoms. The van der Waals surface area contributed by atoms with Gasteiger partial charge < -0.3 is 14.8 Å². The molecule has 1 heterocycles. The predicted octanol–water partition coefficient (Wildman–Crippen LogP) is 2.81. The Labute approximate surface area is 119 Å². The van der Waals surface area contributed by atoms with Crippen LogP contribution in [0.25, 0.3) is 0 Å². The van der Waals surface area contributed by atoms with Crippen LogP contribution in [0.15, 0.2) is 21.4 Å². The van der Waals surface area contributed by atoms with Crippen LogP contribution in [0.5, 0.6) is 0 Å². The molecule has 1 aromatic rings. The summed E-state index contributed by atoms with van der Waals surface area (Å²) < 4.78 is 5.32. The fraction of sp³-hybridized carbons (Fsp3) is 0.538. The number of carboxylic acid groups (broad SMARTS) is 1. The average Bonchev–Trinajstić information content (AvgIpc) is 2.78. The Hall–Kier alpha value is -1.30. The third-order valence-corrected chi connectivity index (χ3v) is 4.49. The van der Waals surface area contributed by atoms with Gasteiger partial charge in [0.15, 0.2) is 4.67 Å². The van der Waals surface area contributed by atoms with E-state index in [0.717, 1.165) is 19.3 Å². The van der Waals surface area contributed by atoms with Crippen LogP contribution in [0.1, 0.15) is 43.0 Å². The number of carbonyl (C=O) groups excluding carboxylic acids is 1. The smallest absolute Gasteiger partial charge is 0.329 e. The molecule has 1 amide bonds. The highest BCUT2D eigenvalue weighted by atomic mass is 79.9. The zero-order valence-electron chi connectivity index (χ0n) is 10.6. The van der Waals surface area contributed by atoms with Gasteiger partial charge in [-0.05, 0) is 40.8 Å². The molecule has 5 nitrogen and oxygen atoms in total. The van der Waals surface area contributed by atoms with Crippen LogP contribution >= 0.6 is 15.9 Å². The number of carboxylic acids is 1. The SMILES string of the molecule is CC1CCCCC1(NC(=O)c1ccoc1Br)C(=O)O. The summed E-state index contributed by atoms with van der Waals surface area (Å²) >= 11 is 3.13. The summed E-state index contributed by atoms with van der Waals surface area (Å²) in [7, 11) is 0. The number of amides is 1. The van der Waals surface area contributed by atoms with E-state index in [1.165, 1.54) is 12.3 Å². The number of carbonyl (C=O) groups is 2. The van der Waals surface area contributed by atoms with E-state index in [1.807, 2.05) is 6.92 Å². The summed E-state index contributed by atoms with van der Waals surface area (Å²) in [5.41, 5.74) is -0.857. The second-order valence-corrected chi connectivity index (χ2v) is 5.71. The van der Waals surface area contributed by atoms with Gasteiger partial charge in [0.05, 0.1) is 11.8 Å². The third-order valence-electron chi connectivity index (χ3n) is 3.88. The van der Waals surface area contributed by atoms with Gasteiger partial charge in [-0.1, -0.05) is 19.8 Å². The van der Waals surface area contributed by atoms with Crippen LogP contribution in [-0.2, 0) is 4.79 Å². The highest BCUT2D eigenvalue weighted by Gasteiger charge is 2.46. The highest BCUT2D eigenvalue weighted by Crippen LogP contribution is 2.34. The molecule has 0 aromatic carbocycles. The molecule has 2 atom stereocenters. The Kier molecular flexibility index (Phi) is 3.99. The molecule has 0 aliphatic heterocycles. The molecular weight excluding hydrogens is 314 g/mol. The number of nitrogens with one attached hydrogen (secondary N) is 1. The maximum atomic E-state index is 12.2. The summed E-state index contributed by atoms with van der Waals surface area (Å²) in [6.45, 7) is 1.87. The normalized spacial score (nSPS) is 26.9. The lowest BCUT2D eigenvalue weighted by molar-refractivity contribution is -0.148. The molecule has 19 heavy (non-hydrogen) atoms. The molecule has 2 N–H and O–H groups in total. The Morgan fingerprint density at radius 2 is 2.26 bits per heavy atom. The number of furan rings is 1. The van der Waals surface area contributed by atoms with Gasteiger partial charge in [0, 0.05) is 0 Å². The van der Waals surface area contributed by atoms with Gasteiger partial charge in [-0.25, -0.2) is 4.79 Å². The Balaban J connectivity index is 2.24. The van der Waals surface area contributed by atoms with Crippen LogP contribution < -0.4 is 5.32 Å². The van der Waals surface area contributed by atoms with E-state index in [2.05, 4.69) is 21.2 Å². The van der Waals surface area contributed by atoms with Crippen molar-refractivity contribution in [3.63, 3.8) is 0 Å². The first kappa shape index (κ1) is 14.1. The minimum Gasteiger partial charge on any atom is -0.479 e. The lowest BCUT2D eigenvalue weighted by Gasteiger charge is -2.39. The van der Waals surface area contributed by atoms with Gasteiger partial charge in [-0.2, -0.15) is 0 Å². The summed E-state index contributed by atoms with van der Waals surface area (Å²) in [6.07, 6.45) is 4.46. The van der Waals surface area contributed by atoms with Crippen molar-refractivity contribution in [2.45, 2.75) is 38.1 Å². The number of rotatable bonds is 3. The fourth-order valence-electron chi connectivity index (χ4n) is 2.63. The summed E-state index contributed by atoms with van der Waals surface area (Å²) in [5, 5.41) is 12.2. The molecule has 104 valence electrons. The molecule has 1 saturated carbocycles. The lowest BCUT2D eigenvalue weighted by atomic mass is 9.73. The van der Waals surface area contributed by atoms with Crippen molar-refractivity contribution in [2.24, 2.45) is 5.92 Å². The van der Waals surface area contributed by atoms with Gasteiger partial charge in [-0.15, -0.1) is 0 Å². The largest absolute Gasteiger partial charge is 0.479 e. The quantitative estimate of drug-likeness (QED) is 0.893. The van der Waals surface area contributed by atoms with Crippen molar-refractivity contribution >= 4 is 27.8 Å². The topological polar surface area (TPSA) is 79.5 Å². The number of hydrogen-bond donors (Lipinski definition) is 2. The Bertz CT molecular complexity index is 499. The lowest BCUT2D eigenvalue weighted by Crippen LogP contribution is -2.60. The molecule has 1 fully saturated rings. The van der Waals surface area contributed by atoms with Crippen molar-refractivity contribution in [3.05, 3.63) is 22.6 Å². The average molecular weight is 330 g/mol. The zero-order valence-corrected chi connectivity index (χ0v) is 12.2. The minimum atomic E-state index is -1.17. The van der Waals surface area contributed by atoms with Gasteiger partial charge >= 0.3 is 5.97 Å². The molecule has 1 aromatic heterocycles. The van der Waals surface area contributed by atoms with Gasteiger partial charge in [0.2, 0.25) is 0 Å². The van der Waals surface area contributed by atoms with E-state index in [9.17, 15) is 14.7 Å². The first-order valence-electron chi connectivity index (χ1n) is 6.26. The van der Waals surface area contributed by atoms with E-state index in [1.54, 1.807) is 0 Å². The maximum absolute atomic E-state index is 12.2. The Morgan fingerprint density at radius 1 is 1.53 bits per heavy atom. The third kappa shape index (κ3) is 2.54. The number of hydrogen-bond acceptors (Lipinski definition) is 3. The predicted molar refractivity (Wildman–Crippen MR) is 71.9 cm³/mol. The molecular formula is C13H16BrNO4. The van der Waals surface area contributed by atoms with Crippen LogP contribution in [0.3, 0.4) is 0 Å². The fourth-order valence-corrected chi connectivity index (χ4v) is 3.05. The van der Waals surface area contributed by atoms with Crippen LogP contribution in [0.2, 0.25) is 0 Å². The van der Waals surface area contributed by atoms with Crippen LogP contribution in [0.4, 0.5) is 0 Å². The minimum absolute atomic E-state index is 0.0895. The summed E-state index contributed by atoms with van der Waals surface area (Å²) in [4.78, 5) is 23.8. The molecule has 0 radical (unpaired) electrons. The van der Waals surface area contributed by atoms with Crippen molar-refractivity contribution in [2.75, 3.05) is 0 Å². The van der Waals surface area contributed by atoms with E-state index < -0.39 is 17.4 Å². The maximum Gasteiger partial charge on any atom is 0.329 e. The van der Waals surface area contributed by atoms with Gasteiger partial charge in [0.25, 0.3) is 5.91 Å². The number of halogens is 1. The highest BCUT2D eigenvalue weighted by molar-refractivity contribution is 9.10. The second kappa shape index (κ2) is 5.36.